The fraction of sp³-hybridized carbons (Fsp3) is 0.450. The lowest BCUT2D eigenvalue weighted by molar-refractivity contribution is -0.116. The maximum atomic E-state index is 11.7. The summed E-state index contributed by atoms with van der Waals surface area (Å²) in [7, 11) is 0. The molecule has 0 aromatic heterocycles. The summed E-state index contributed by atoms with van der Waals surface area (Å²) in [5, 5.41) is 4.05. The van der Waals surface area contributed by atoms with Gasteiger partial charge < -0.3 is 10.2 Å². The molecule has 1 heterocycles. The van der Waals surface area contributed by atoms with E-state index in [-0.39, 0.29) is 5.91 Å². The van der Waals surface area contributed by atoms with Crippen LogP contribution in [0.4, 0.5) is 0 Å². The van der Waals surface area contributed by atoms with Gasteiger partial charge in [0.25, 0.3) is 0 Å². The molecule has 1 aliphatic rings. The van der Waals surface area contributed by atoms with E-state index in [0.29, 0.717) is 10.0 Å². The fourth-order valence-corrected chi connectivity index (χ4v) is 3.17. The van der Waals surface area contributed by atoms with Crippen molar-refractivity contribution < 1.29 is 4.79 Å². The summed E-state index contributed by atoms with van der Waals surface area (Å²) in [4.78, 5) is 14.2. The van der Waals surface area contributed by atoms with Crippen molar-refractivity contribution in [3.8, 4) is 0 Å². The first-order chi connectivity index (χ1) is 12.1. The second-order valence-electron chi connectivity index (χ2n) is 6.29. The number of hydrogen-bond donors (Lipinski definition) is 1. The third-order valence-electron chi connectivity index (χ3n) is 4.23. The van der Waals surface area contributed by atoms with Gasteiger partial charge in [0, 0.05) is 12.6 Å². The molecule has 3 nitrogen and oxygen atoms in total. The molecular formula is C20H26Cl2N2O. The third kappa shape index (κ3) is 8.08. The van der Waals surface area contributed by atoms with Crippen LogP contribution in [0.5, 0.6) is 0 Å². The highest BCUT2D eigenvalue weighted by molar-refractivity contribution is 6.42. The Morgan fingerprint density at radius 1 is 1.12 bits per heavy atom. The van der Waals surface area contributed by atoms with Gasteiger partial charge in [-0.05, 0) is 63.0 Å². The molecule has 1 amide bonds. The number of nitrogens with zero attached hydrogens (tertiary/aromatic N) is 1. The molecule has 1 saturated heterocycles. The predicted octanol–water partition coefficient (Wildman–Crippen LogP) is 4.64. The van der Waals surface area contributed by atoms with Gasteiger partial charge in [0.05, 0.1) is 10.0 Å². The van der Waals surface area contributed by atoms with Gasteiger partial charge in [0.1, 0.15) is 0 Å². The van der Waals surface area contributed by atoms with E-state index in [9.17, 15) is 4.79 Å². The van der Waals surface area contributed by atoms with Crippen molar-refractivity contribution in [1.29, 1.82) is 0 Å². The van der Waals surface area contributed by atoms with E-state index in [0.717, 1.165) is 31.5 Å². The number of hydrogen-bond acceptors (Lipinski definition) is 2. The first-order valence-electron chi connectivity index (χ1n) is 8.92. The quantitative estimate of drug-likeness (QED) is 0.404. The molecule has 0 saturated carbocycles. The molecule has 0 bridgehead atoms. The van der Waals surface area contributed by atoms with Crippen LogP contribution in [0.1, 0.15) is 31.2 Å². The molecule has 136 valence electrons. The Kier molecular flexibility index (Phi) is 9.09. The summed E-state index contributed by atoms with van der Waals surface area (Å²) in [6, 6.07) is 5.59. The lowest BCUT2D eigenvalue weighted by Crippen LogP contribution is -2.33. The smallest absolute Gasteiger partial charge is 0.243 e. The van der Waals surface area contributed by atoms with Crippen LogP contribution < -0.4 is 5.32 Å². The highest BCUT2D eigenvalue weighted by Gasteiger charge is 2.08. The average Bonchev–Trinajstić information content (AvgIpc) is 2.62. The molecule has 0 unspecified atom stereocenters. The highest BCUT2D eigenvalue weighted by atomic mass is 35.5. The van der Waals surface area contributed by atoms with Crippen molar-refractivity contribution in [3.05, 3.63) is 58.1 Å². The van der Waals surface area contributed by atoms with Crippen LogP contribution in [-0.4, -0.2) is 37.0 Å². The minimum atomic E-state index is -0.0437. The largest absolute Gasteiger partial charge is 0.353 e. The lowest BCUT2D eigenvalue weighted by atomic mass is 10.1. The van der Waals surface area contributed by atoms with Crippen molar-refractivity contribution in [2.75, 3.05) is 26.2 Å². The standard InChI is InChI=1S/C20H26Cl2N2O/c21-18-11-10-17(16-19(18)22)8-3-1-4-9-20(25)23-12-7-15-24-13-5-2-6-14-24/h1,3-4,9-11,16H,2,5-8,12-15H2,(H,23,25)/b3-1+,9-4+. The van der Waals surface area contributed by atoms with E-state index >= 15 is 0 Å². The first-order valence-corrected chi connectivity index (χ1v) is 9.68. The van der Waals surface area contributed by atoms with Crippen molar-refractivity contribution in [3.63, 3.8) is 0 Å². The zero-order valence-electron chi connectivity index (χ0n) is 14.5. The summed E-state index contributed by atoms with van der Waals surface area (Å²) in [5.74, 6) is -0.0437. The Balaban J connectivity index is 1.58. The number of rotatable bonds is 8. The SMILES string of the molecule is O=C(/C=C/C=C/Cc1ccc(Cl)c(Cl)c1)NCCCN1CCCCC1. The van der Waals surface area contributed by atoms with Crippen LogP contribution >= 0.6 is 23.2 Å². The van der Waals surface area contributed by atoms with Crippen molar-refractivity contribution in [2.24, 2.45) is 0 Å². The Labute approximate surface area is 160 Å². The van der Waals surface area contributed by atoms with Crippen molar-refractivity contribution >= 4 is 29.1 Å². The van der Waals surface area contributed by atoms with Gasteiger partial charge in [0.2, 0.25) is 5.91 Å². The summed E-state index contributed by atoms with van der Waals surface area (Å²) < 4.78 is 0. The van der Waals surface area contributed by atoms with E-state index in [1.165, 1.54) is 32.4 Å². The number of allylic oxidation sites excluding steroid dienone is 3. The van der Waals surface area contributed by atoms with E-state index in [2.05, 4.69) is 10.2 Å². The second kappa shape index (κ2) is 11.3. The summed E-state index contributed by atoms with van der Waals surface area (Å²) in [5.41, 5.74) is 1.08. The molecule has 1 N–H and O–H groups in total. The van der Waals surface area contributed by atoms with Gasteiger partial charge in [-0.15, -0.1) is 0 Å². The van der Waals surface area contributed by atoms with Crippen LogP contribution in [0.15, 0.2) is 42.5 Å². The second-order valence-corrected chi connectivity index (χ2v) is 7.10. The number of halogens is 2. The van der Waals surface area contributed by atoms with Crippen LogP contribution in [0.3, 0.4) is 0 Å². The van der Waals surface area contributed by atoms with Crippen LogP contribution in [0, 0.1) is 0 Å². The topological polar surface area (TPSA) is 32.3 Å². The summed E-state index contributed by atoms with van der Waals surface area (Å²) in [6.45, 7) is 4.22. The molecule has 0 atom stereocenters. The minimum absolute atomic E-state index is 0.0437. The van der Waals surface area contributed by atoms with E-state index in [1.54, 1.807) is 18.2 Å². The predicted molar refractivity (Wildman–Crippen MR) is 106 cm³/mol. The molecule has 5 heteroatoms. The first kappa shape index (κ1) is 20.0. The van der Waals surface area contributed by atoms with Crippen molar-refractivity contribution in [2.45, 2.75) is 32.1 Å². The van der Waals surface area contributed by atoms with E-state index in [1.807, 2.05) is 24.3 Å². The highest BCUT2D eigenvalue weighted by Crippen LogP contribution is 2.22. The lowest BCUT2D eigenvalue weighted by Gasteiger charge is -2.26. The number of benzene rings is 1. The van der Waals surface area contributed by atoms with Gasteiger partial charge >= 0.3 is 0 Å². The number of likely N-dealkylation sites (tertiary alicyclic amines) is 1. The maximum absolute atomic E-state index is 11.7. The zero-order valence-corrected chi connectivity index (χ0v) is 16.0. The Hall–Kier alpha value is -1.29. The van der Waals surface area contributed by atoms with Gasteiger partial charge in [-0.25, -0.2) is 0 Å². The molecular weight excluding hydrogens is 355 g/mol. The summed E-state index contributed by atoms with van der Waals surface area (Å²) in [6.07, 6.45) is 12.9. The van der Waals surface area contributed by atoms with Crippen LogP contribution in [0.25, 0.3) is 0 Å². The van der Waals surface area contributed by atoms with Gasteiger partial charge in [-0.2, -0.15) is 0 Å². The molecule has 0 radical (unpaired) electrons. The number of piperidine rings is 1. The van der Waals surface area contributed by atoms with Crippen LogP contribution in [0.2, 0.25) is 10.0 Å². The van der Waals surface area contributed by atoms with E-state index in [4.69, 9.17) is 23.2 Å². The Morgan fingerprint density at radius 3 is 2.68 bits per heavy atom. The average molecular weight is 381 g/mol. The maximum Gasteiger partial charge on any atom is 0.243 e. The normalized spacial score (nSPS) is 15.9. The third-order valence-corrected chi connectivity index (χ3v) is 4.97. The molecule has 1 fully saturated rings. The van der Waals surface area contributed by atoms with Crippen LogP contribution in [-0.2, 0) is 11.2 Å². The zero-order chi connectivity index (χ0) is 17.9. The van der Waals surface area contributed by atoms with Gasteiger partial charge in [-0.3, -0.25) is 4.79 Å². The van der Waals surface area contributed by atoms with E-state index < -0.39 is 0 Å². The van der Waals surface area contributed by atoms with Gasteiger partial charge in [-0.1, -0.05) is 53.9 Å². The number of amides is 1. The molecule has 1 aromatic carbocycles. The summed E-state index contributed by atoms with van der Waals surface area (Å²) >= 11 is 11.9. The minimum Gasteiger partial charge on any atom is -0.353 e. The van der Waals surface area contributed by atoms with Crippen molar-refractivity contribution in [1.82, 2.24) is 10.2 Å². The molecule has 2 rings (SSSR count). The molecule has 0 aliphatic carbocycles. The molecule has 25 heavy (non-hydrogen) atoms. The number of carbonyl (C=O) groups excluding carboxylic acids is 1. The number of carbonyl (C=O) groups is 1. The Morgan fingerprint density at radius 2 is 1.92 bits per heavy atom. The van der Waals surface area contributed by atoms with Gasteiger partial charge in [0.15, 0.2) is 0 Å². The number of nitrogens with one attached hydrogen (secondary N) is 1. The molecule has 0 spiro atoms. The molecule has 1 aliphatic heterocycles. The fourth-order valence-electron chi connectivity index (χ4n) is 2.85. The monoisotopic (exact) mass is 380 g/mol. The molecule has 1 aromatic rings. The Bertz CT molecular complexity index is 608.